The van der Waals surface area contributed by atoms with Crippen LogP contribution in [0, 0.1) is 0 Å². The van der Waals surface area contributed by atoms with E-state index in [1.54, 1.807) is 0 Å². The van der Waals surface area contributed by atoms with Gasteiger partial charge in [0.2, 0.25) is 0 Å². The van der Waals surface area contributed by atoms with E-state index in [4.69, 9.17) is 16.3 Å². The summed E-state index contributed by atoms with van der Waals surface area (Å²) < 4.78 is 5.60. The molecule has 0 saturated carbocycles. The van der Waals surface area contributed by atoms with E-state index in [-0.39, 0.29) is 18.1 Å². The molecule has 2 aliphatic rings. The van der Waals surface area contributed by atoms with Gasteiger partial charge in [0.25, 0.3) is 5.91 Å². The number of piperazine rings is 1. The number of hydrogen-bond acceptors (Lipinski definition) is 4. The monoisotopic (exact) mass is 309 g/mol. The molecule has 1 unspecified atom stereocenters. The fourth-order valence-corrected chi connectivity index (χ4v) is 3.16. The Kier molecular flexibility index (Phi) is 4.75. The third-order valence-electron chi connectivity index (χ3n) is 3.99. The van der Waals surface area contributed by atoms with Crippen molar-refractivity contribution in [3.05, 3.63) is 34.9 Å². The molecule has 21 heavy (non-hydrogen) atoms. The number of nitrogens with zero attached hydrogens (tertiary/aromatic N) is 1. The van der Waals surface area contributed by atoms with E-state index < -0.39 is 0 Å². The molecule has 6 heteroatoms. The molecule has 1 aromatic rings. The Balaban J connectivity index is 1.81. The number of hydrogen-bond donors (Lipinski definition) is 2. The van der Waals surface area contributed by atoms with Gasteiger partial charge in [0.15, 0.2) is 0 Å². The number of carbonyl (C=O) groups is 1. The highest BCUT2D eigenvalue weighted by atomic mass is 35.5. The second-order valence-electron chi connectivity index (χ2n) is 5.34. The Bertz CT molecular complexity index is 505. The van der Waals surface area contributed by atoms with Gasteiger partial charge in [-0.2, -0.15) is 0 Å². The van der Waals surface area contributed by atoms with Crippen molar-refractivity contribution in [3.63, 3.8) is 0 Å². The highest BCUT2D eigenvalue weighted by Crippen LogP contribution is 2.29. The lowest BCUT2D eigenvalue weighted by atomic mass is 10.0. The van der Waals surface area contributed by atoms with Crippen molar-refractivity contribution >= 4 is 17.5 Å². The summed E-state index contributed by atoms with van der Waals surface area (Å²) in [6, 6.07) is 7.68. The predicted molar refractivity (Wildman–Crippen MR) is 81.4 cm³/mol. The quantitative estimate of drug-likeness (QED) is 0.848. The smallest absolute Gasteiger partial charge is 0.253 e. The predicted octanol–water partition coefficient (Wildman–Crippen LogP) is 0.801. The molecule has 2 fully saturated rings. The molecule has 114 valence electrons. The second-order valence-corrected chi connectivity index (χ2v) is 5.74. The summed E-state index contributed by atoms with van der Waals surface area (Å²) in [6.45, 7) is 4.16. The maximum absolute atomic E-state index is 12.7. The van der Waals surface area contributed by atoms with Crippen LogP contribution in [0.5, 0.6) is 0 Å². The molecule has 2 aliphatic heterocycles. The van der Waals surface area contributed by atoms with Crippen LogP contribution in [-0.2, 0) is 9.53 Å². The van der Waals surface area contributed by atoms with Gasteiger partial charge >= 0.3 is 0 Å². The van der Waals surface area contributed by atoms with E-state index in [0.717, 1.165) is 25.2 Å². The topological polar surface area (TPSA) is 53.6 Å². The molecule has 2 atom stereocenters. The van der Waals surface area contributed by atoms with Crippen molar-refractivity contribution in [2.45, 2.75) is 12.1 Å². The van der Waals surface area contributed by atoms with Crippen molar-refractivity contribution in [2.75, 3.05) is 39.3 Å². The van der Waals surface area contributed by atoms with E-state index in [9.17, 15) is 4.79 Å². The van der Waals surface area contributed by atoms with Gasteiger partial charge in [-0.15, -0.1) is 0 Å². The molecule has 3 rings (SSSR count). The number of amides is 1. The zero-order valence-electron chi connectivity index (χ0n) is 11.8. The number of ether oxygens (including phenoxy) is 1. The highest BCUT2D eigenvalue weighted by molar-refractivity contribution is 6.31. The molecule has 2 saturated heterocycles. The number of nitrogens with one attached hydrogen (secondary N) is 2. The lowest BCUT2D eigenvalue weighted by Crippen LogP contribution is -2.55. The largest absolute Gasteiger partial charge is 0.366 e. The molecular weight excluding hydrogens is 290 g/mol. The fraction of sp³-hybridized carbons (Fsp3) is 0.533. The normalized spacial score (nSPS) is 26.6. The van der Waals surface area contributed by atoms with Crippen LogP contribution in [0.2, 0.25) is 5.02 Å². The molecule has 5 nitrogen and oxygen atoms in total. The van der Waals surface area contributed by atoms with Crippen molar-refractivity contribution in [1.82, 2.24) is 15.5 Å². The number of rotatable bonds is 2. The molecule has 0 spiro atoms. The molecule has 0 bridgehead atoms. The maximum Gasteiger partial charge on any atom is 0.253 e. The molecule has 1 amide bonds. The van der Waals surface area contributed by atoms with Crippen LogP contribution in [0.4, 0.5) is 0 Å². The zero-order valence-corrected chi connectivity index (χ0v) is 12.6. The molecule has 1 aromatic carbocycles. The number of morpholine rings is 1. The first-order chi connectivity index (χ1) is 10.3. The first-order valence-corrected chi connectivity index (χ1v) is 7.73. The third-order valence-corrected chi connectivity index (χ3v) is 4.34. The van der Waals surface area contributed by atoms with Crippen molar-refractivity contribution in [2.24, 2.45) is 0 Å². The summed E-state index contributed by atoms with van der Waals surface area (Å²) in [6.07, 6.45) is -0.387. The van der Waals surface area contributed by atoms with Crippen LogP contribution in [0.25, 0.3) is 0 Å². The van der Waals surface area contributed by atoms with E-state index in [0.29, 0.717) is 24.7 Å². The SMILES string of the molecule is O=C([C@H]1CNCCO1)N1CCNCC1c1ccccc1Cl. The van der Waals surface area contributed by atoms with Crippen LogP contribution in [0.3, 0.4) is 0 Å². The number of benzene rings is 1. The summed E-state index contributed by atoms with van der Waals surface area (Å²) in [5.74, 6) is 0.0496. The standard InChI is InChI=1S/C15H20ClN3O2/c16-12-4-2-1-3-11(12)13-9-17-5-7-19(13)15(20)14-10-18-6-8-21-14/h1-4,13-14,17-18H,5-10H2/t13?,14-/m1/s1. The summed E-state index contributed by atoms with van der Waals surface area (Å²) in [4.78, 5) is 14.6. The Morgan fingerprint density at radius 3 is 2.81 bits per heavy atom. The van der Waals surface area contributed by atoms with Crippen molar-refractivity contribution in [3.8, 4) is 0 Å². The lowest BCUT2D eigenvalue weighted by molar-refractivity contribution is -0.148. The van der Waals surface area contributed by atoms with Gasteiger partial charge in [-0.25, -0.2) is 0 Å². The average molecular weight is 310 g/mol. The fourth-order valence-electron chi connectivity index (χ4n) is 2.90. The Labute approximate surface area is 129 Å². The Hall–Kier alpha value is -1.14. The minimum atomic E-state index is -0.387. The Morgan fingerprint density at radius 2 is 2.05 bits per heavy atom. The lowest BCUT2D eigenvalue weighted by Gasteiger charge is -2.39. The molecule has 2 heterocycles. The maximum atomic E-state index is 12.7. The minimum Gasteiger partial charge on any atom is -0.366 e. The van der Waals surface area contributed by atoms with Gasteiger partial charge in [-0.1, -0.05) is 29.8 Å². The zero-order chi connectivity index (χ0) is 14.7. The number of halogens is 1. The molecule has 0 aliphatic carbocycles. The van der Waals surface area contributed by atoms with Gasteiger partial charge in [0, 0.05) is 37.7 Å². The van der Waals surface area contributed by atoms with Crippen LogP contribution in [0.1, 0.15) is 11.6 Å². The van der Waals surface area contributed by atoms with Gasteiger partial charge in [0.05, 0.1) is 12.6 Å². The second kappa shape index (κ2) is 6.75. The van der Waals surface area contributed by atoms with E-state index in [1.165, 1.54) is 0 Å². The molecule has 0 radical (unpaired) electrons. The van der Waals surface area contributed by atoms with E-state index in [1.807, 2.05) is 29.2 Å². The van der Waals surface area contributed by atoms with Gasteiger partial charge in [-0.3, -0.25) is 4.79 Å². The van der Waals surface area contributed by atoms with Crippen molar-refractivity contribution < 1.29 is 9.53 Å². The van der Waals surface area contributed by atoms with Gasteiger partial charge in [-0.05, 0) is 11.6 Å². The summed E-state index contributed by atoms with van der Waals surface area (Å²) in [5.41, 5.74) is 0.989. The summed E-state index contributed by atoms with van der Waals surface area (Å²) in [5, 5.41) is 7.25. The highest BCUT2D eigenvalue weighted by Gasteiger charge is 2.34. The van der Waals surface area contributed by atoms with E-state index >= 15 is 0 Å². The minimum absolute atomic E-state index is 0.0366. The van der Waals surface area contributed by atoms with Gasteiger partial charge < -0.3 is 20.3 Å². The molecule has 2 N–H and O–H groups in total. The van der Waals surface area contributed by atoms with Crippen LogP contribution in [-0.4, -0.2) is 56.2 Å². The van der Waals surface area contributed by atoms with Crippen LogP contribution < -0.4 is 10.6 Å². The van der Waals surface area contributed by atoms with Crippen molar-refractivity contribution in [1.29, 1.82) is 0 Å². The first kappa shape index (κ1) is 14.8. The van der Waals surface area contributed by atoms with Gasteiger partial charge in [0.1, 0.15) is 6.10 Å². The van der Waals surface area contributed by atoms with Crippen LogP contribution in [0.15, 0.2) is 24.3 Å². The summed E-state index contributed by atoms with van der Waals surface area (Å²) >= 11 is 6.30. The molecule has 0 aromatic heterocycles. The Morgan fingerprint density at radius 1 is 1.24 bits per heavy atom. The summed E-state index contributed by atoms with van der Waals surface area (Å²) in [7, 11) is 0. The number of carbonyl (C=O) groups excluding carboxylic acids is 1. The third kappa shape index (κ3) is 3.21. The average Bonchev–Trinajstić information content (AvgIpc) is 2.55. The van der Waals surface area contributed by atoms with Crippen LogP contribution >= 0.6 is 11.6 Å². The van der Waals surface area contributed by atoms with E-state index in [2.05, 4.69) is 10.6 Å². The molecular formula is C15H20ClN3O2. The first-order valence-electron chi connectivity index (χ1n) is 7.35.